The largest absolute Gasteiger partial charge is 0.481 e. The minimum atomic E-state index is -0.733. The highest BCUT2D eigenvalue weighted by Gasteiger charge is 2.52. The Hall–Kier alpha value is -4.02. The highest BCUT2D eigenvalue weighted by molar-refractivity contribution is 6.00. The molecule has 1 aliphatic carbocycles. The fourth-order valence-electron chi connectivity index (χ4n) is 4.61. The zero-order chi connectivity index (χ0) is 23.0. The number of carboxylic acid groups (broad SMARTS) is 1. The summed E-state index contributed by atoms with van der Waals surface area (Å²) in [5.41, 5.74) is 0.840. The number of nitrogens with zero attached hydrogens (tertiary/aromatic N) is 4. The summed E-state index contributed by atoms with van der Waals surface area (Å²) in [5, 5.41) is 21.6. The average molecular weight is 452 g/mol. The maximum Gasteiger partial charge on any atom is 0.320 e. The van der Waals surface area contributed by atoms with Gasteiger partial charge in [-0.3, -0.25) is 9.59 Å². The summed E-state index contributed by atoms with van der Waals surface area (Å²) in [5.74, 6) is -1.03. The van der Waals surface area contributed by atoms with Gasteiger partial charge < -0.3 is 25.1 Å². The molecule has 0 atom stereocenters. The van der Waals surface area contributed by atoms with Crippen molar-refractivity contribution in [2.24, 2.45) is 11.3 Å². The van der Waals surface area contributed by atoms with E-state index in [1.54, 1.807) is 24.4 Å². The standard InChI is InChI=1S/C22H21FN6O4/c23-15-3-1-2-4-16(15)26-21-28-27-20(33-21)19(32)25-14-5-6-17(24-10-14)29-11-22(12-29)8-13(9-22)7-18(30)31/h1-6,10,13H,7-9,11-12H2,(H,25,32)(H,26,28)(H,30,31). The summed E-state index contributed by atoms with van der Waals surface area (Å²) in [6.07, 6.45) is 3.68. The van der Waals surface area contributed by atoms with Gasteiger partial charge in [0.15, 0.2) is 0 Å². The van der Waals surface area contributed by atoms with Crippen molar-refractivity contribution in [3.63, 3.8) is 0 Å². The number of carbonyl (C=O) groups is 2. The van der Waals surface area contributed by atoms with Gasteiger partial charge in [-0.1, -0.05) is 17.2 Å². The first kappa shape index (κ1) is 20.9. The summed E-state index contributed by atoms with van der Waals surface area (Å²) in [6.45, 7) is 1.73. The van der Waals surface area contributed by atoms with Crippen LogP contribution in [-0.4, -0.2) is 45.3 Å². The van der Waals surface area contributed by atoms with Crippen molar-refractivity contribution in [3.8, 4) is 0 Å². The van der Waals surface area contributed by atoms with Gasteiger partial charge in [-0.2, -0.15) is 0 Å². The molecule has 0 bridgehead atoms. The summed E-state index contributed by atoms with van der Waals surface area (Å²) in [6, 6.07) is 9.43. The van der Waals surface area contributed by atoms with E-state index >= 15 is 0 Å². The molecular formula is C22H21FN6O4. The third kappa shape index (κ3) is 4.34. The van der Waals surface area contributed by atoms with Crippen LogP contribution in [0.2, 0.25) is 0 Å². The molecule has 1 amide bonds. The zero-order valence-corrected chi connectivity index (χ0v) is 17.5. The fourth-order valence-corrected chi connectivity index (χ4v) is 4.61. The number of aromatic nitrogens is 3. The predicted molar refractivity (Wildman–Crippen MR) is 116 cm³/mol. The van der Waals surface area contributed by atoms with Gasteiger partial charge in [-0.15, -0.1) is 5.10 Å². The Morgan fingerprint density at radius 3 is 2.67 bits per heavy atom. The minimum absolute atomic E-state index is 0.105. The van der Waals surface area contributed by atoms with Gasteiger partial charge in [0, 0.05) is 24.9 Å². The van der Waals surface area contributed by atoms with E-state index in [-0.39, 0.29) is 35.3 Å². The Bertz CT molecular complexity index is 1180. The molecule has 2 aliphatic rings. The van der Waals surface area contributed by atoms with Crippen LogP contribution < -0.4 is 15.5 Å². The van der Waals surface area contributed by atoms with Crippen LogP contribution in [0.3, 0.4) is 0 Å². The van der Waals surface area contributed by atoms with Crippen molar-refractivity contribution >= 4 is 35.1 Å². The van der Waals surface area contributed by atoms with Crippen LogP contribution in [0.4, 0.5) is 27.6 Å². The molecule has 1 spiro atoms. The number of anilines is 4. The Balaban J connectivity index is 1.13. The number of hydrogen-bond acceptors (Lipinski definition) is 8. The van der Waals surface area contributed by atoms with Crippen LogP contribution in [0, 0.1) is 17.2 Å². The Morgan fingerprint density at radius 2 is 1.97 bits per heavy atom. The monoisotopic (exact) mass is 452 g/mol. The topological polar surface area (TPSA) is 133 Å². The van der Waals surface area contributed by atoms with Crippen LogP contribution in [0.15, 0.2) is 47.0 Å². The molecule has 1 saturated heterocycles. The Morgan fingerprint density at radius 1 is 1.18 bits per heavy atom. The predicted octanol–water partition coefficient (Wildman–Crippen LogP) is 3.29. The van der Waals surface area contributed by atoms with E-state index in [9.17, 15) is 14.0 Å². The van der Waals surface area contributed by atoms with Crippen LogP contribution in [0.1, 0.15) is 29.9 Å². The summed E-state index contributed by atoms with van der Waals surface area (Å²) < 4.78 is 19.0. The molecule has 3 aromatic rings. The van der Waals surface area contributed by atoms with Crippen molar-refractivity contribution in [1.82, 2.24) is 15.2 Å². The van der Waals surface area contributed by atoms with Crippen molar-refractivity contribution < 1.29 is 23.5 Å². The molecule has 1 aromatic carbocycles. The van der Waals surface area contributed by atoms with Gasteiger partial charge in [0.1, 0.15) is 11.6 Å². The van der Waals surface area contributed by atoms with E-state index in [1.807, 2.05) is 6.07 Å². The van der Waals surface area contributed by atoms with Gasteiger partial charge in [-0.25, -0.2) is 9.37 Å². The number of nitrogens with one attached hydrogen (secondary N) is 2. The molecule has 2 aromatic heterocycles. The van der Waals surface area contributed by atoms with Gasteiger partial charge in [-0.05, 0) is 43.0 Å². The molecule has 1 saturated carbocycles. The Labute approximate surface area is 187 Å². The lowest BCUT2D eigenvalue weighted by Crippen LogP contribution is -2.62. The summed E-state index contributed by atoms with van der Waals surface area (Å²) in [7, 11) is 0. The normalized spacial score (nSPS) is 16.7. The highest BCUT2D eigenvalue weighted by atomic mass is 19.1. The molecule has 0 radical (unpaired) electrons. The summed E-state index contributed by atoms with van der Waals surface area (Å²) >= 11 is 0. The van der Waals surface area contributed by atoms with E-state index in [1.165, 1.54) is 12.1 Å². The number of pyridine rings is 1. The van der Waals surface area contributed by atoms with Crippen LogP contribution >= 0.6 is 0 Å². The van der Waals surface area contributed by atoms with E-state index < -0.39 is 17.7 Å². The molecule has 0 unspecified atom stereocenters. The van der Waals surface area contributed by atoms with Crippen molar-refractivity contribution in [1.29, 1.82) is 0 Å². The average Bonchev–Trinajstić information content (AvgIpc) is 3.20. The Kier molecular flexibility index (Phi) is 5.15. The van der Waals surface area contributed by atoms with Crippen LogP contribution in [-0.2, 0) is 4.79 Å². The maximum atomic E-state index is 13.7. The third-order valence-electron chi connectivity index (χ3n) is 6.02. The number of benzene rings is 1. The lowest BCUT2D eigenvalue weighted by molar-refractivity contribution is -0.140. The van der Waals surface area contributed by atoms with E-state index in [0.717, 1.165) is 31.7 Å². The van der Waals surface area contributed by atoms with Crippen molar-refractivity contribution in [2.45, 2.75) is 19.3 Å². The van der Waals surface area contributed by atoms with Crippen LogP contribution in [0.5, 0.6) is 0 Å². The quantitative estimate of drug-likeness (QED) is 0.494. The molecule has 170 valence electrons. The summed E-state index contributed by atoms with van der Waals surface area (Å²) in [4.78, 5) is 29.7. The second kappa shape index (κ2) is 8.15. The van der Waals surface area contributed by atoms with E-state index in [2.05, 4.69) is 30.7 Å². The number of carbonyl (C=O) groups excluding carboxylic acids is 1. The third-order valence-corrected chi connectivity index (χ3v) is 6.02. The number of carboxylic acids is 1. The number of rotatable bonds is 7. The van der Waals surface area contributed by atoms with E-state index in [0.29, 0.717) is 5.69 Å². The zero-order valence-electron chi connectivity index (χ0n) is 17.5. The van der Waals surface area contributed by atoms with Gasteiger partial charge >= 0.3 is 23.8 Å². The molecule has 11 heteroatoms. The maximum absolute atomic E-state index is 13.7. The molecule has 3 N–H and O–H groups in total. The second-order valence-electron chi connectivity index (χ2n) is 8.60. The second-order valence-corrected chi connectivity index (χ2v) is 8.60. The lowest BCUT2D eigenvalue weighted by Gasteiger charge is -2.59. The molecule has 5 rings (SSSR count). The number of para-hydroxylation sites is 1. The number of aliphatic carboxylic acids is 1. The molecule has 3 heterocycles. The van der Waals surface area contributed by atoms with Crippen molar-refractivity contribution in [2.75, 3.05) is 28.6 Å². The van der Waals surface area contributed by atoms with Gasteiger partial charge in [0.2, 0.25) is 0 Å². The lowest BCUT2D eigenvalue weighted by atomic mass is 9.57. The SMILES string of the molecule is O=C(O)CC1CC2(C1)CN(c1ccc(NC(=O)c3nnc(Nc4ccccc4F)o3)cn1)C2. The van der Waals surface area contributed by atoms with Gasteiger partial charge in [0.05, 0.1) is 17.6 Å². The highest BCUT2D eigenvalue weighted by Crippen LogP contribution is 2.53. The molecule has 1 aliphatic heterocycles. The number of amides is 1. The molecule has 33 heavy (non-hydrogen) atoms. The molecular weight excluding hydrogens is 431 g/mol. The first-order valence-electron chi connectivity index (χ1n) is 10.5. The van der Waals surface area contributed by atoms with Gasteiger partial charge in [0.25, 0.3) is 0 Å². The first-order chi connectivity index (χ1) is 15.9. The molecule has 2 fully saturated rings. The number of halogens is 1. The van der Waals surface area contributed by atoms with Crippen molar-refractivity contribution in [3.05, 3.63) is 54.3 Å². The minimum Gasteiger partial charge on any atom is -0.481 e. The fraction of sp³-hybridized carbons (Fsp3) is 0.318. The first-order valence-corrected chi connectivity index (χ1v) is 10.5. The smallest absolute Gasteiger partial charge is 0.320 e. The molecule has 10 nitrogen and oxygen atoms in total. The van der Waals surface area contributed by atoms with E-state index in [4.69, 9.17) is 9.52 Å². The van der Waals surface area contributed by atoms with Crippen LogP contribution in [0.25, 0.3) is 0 Å². The number of hydrogen-bond donors (Lipinski definition) is 3.